The second kappa shape index (κ2) is 6.30. The van der Waals surface area contributed by atoms with Crippen LogP contribution >= 0.6 is 11.6 Å². The number of hydrogen-bond donors (Lipinski definition) is 2. The molecule has 0 aliphatic heterocycles. The maximum absolute atomic E-state index is 12.9. The van der Waals surface area contributed by atoms with E-state index in [9.17, 15) is 18.4 Å². The van der Waals surface area contributed by atoms with E-state index in [1.165, 1.54) is 0 Å². The minimum absolute atomic E-state index is 0.220. The summed E-state index contributed by atoms with van der Waals surface area (Å²) in [5.41, 5.74) is -0.222. The highest BCUT2D eigenvalue weighted by molar-refractivity contribution is 6.33. The van der Waals surface area contributed by atoms with E-state index in [2.05, 4.69) is 10.6 Å². The Morgan fingerprint density at radius 1 is 1.22 bits per heavy atom. The van der Waals surface area contributed by atoms with E-state index >= 15 is 0 Å². The van der Waals surface area contributed by atoms with Gasteiger partial charge in [0.25, 0.3) is 5.91 Å². The van der Waals surface area contributed by atoms with Crippen LogP contribution in [0.2, 0.25) is 5.02 Å². The number of hydrogen-bond acceptors (Lipinski definition) is 2. The number of amides is 2. The van der Waals surface area contributed by atoms with E-state index in [4.69, 9.17) is 11.6 Å². The third-order valence-corrected chi connectivity index (χ3v) is 2.35. The lowest BCUT2D eigenvalue weighted by Gasteiger charge is -2.07. The quantitative estimate of drug-likeness (QED) is 0.819. The van der Waals surface area contributed by atoms with E-state index in [0.29, 0.717) is 18.7 Å². The molecular weight excluding hydrogens is 266 g/mol. The summed E-state index contributed by atoms with van der Waals surface area (Å²) >= 11 is 5.60. The highest BCUT2D eigenvalue weighted by Gasteiger charge is 2.15. The van der Waals surface area contributed by atoms with Crippen molar-refractivity contribution in [3.05, 3.63) is 34.4 Å². The molecule has 0 aliphatic carbocycles. The van der Waals surface area contributed by atoms with Crippen LogP contribution in [0.25, 0.3) is 0 Å². The number of rotatable bonds is 4. The van der Waals surface area contributed by atoms with E-state index in [0.717, 1.165) is 0 Å². The van der Waals surface area contributed by atoms with Gasteiger partial charge in [0.1, 0.15) is 0 Å². The Balaban J connectivity index is 2.73. The summed E-state index contributed by atoms with van der Waals surface area (Å²) in [6.45, 7) is 1.90. The minimum Gasteiger partial charge on any atom is -0.355 e. The number of nitrogens with one attached hydrogen (secondary N) is 2. The standard InChI is InChI=1S/C11H11ClF2N2O2/c1-2-15-10(17)5-16-11(18)6-3-8(13)9(14)4-7(6)12/h3-4H,2,5H2,1H3,(H,15,17)(H,16,18). The number of halogens is 3. The van der Waals surface area contributed by atoms with Gasteiger partial charge >= 0.3 is 0 Å². The normalized spacial score (nSPS) is 10.0. The molecule has 0 radical (unpaired) electrons. The average Bonchev–Trinajstić information content (AvgIpc) is 2.31. The molecule has 0 aromatic heterocycles. The predicted octanol–water partition coefficient (Wildman–Crippen LogP) is 1.48. The SMILES string of the molecule is CCNC(=O)CNC(=O)c1cc(F)c(F)cc1Cl. The Labute approximate surface area is 107 Å². The Bertz CT molecular complexity index is 480. The van der Waals surface area contributed by atoms with Crippen molar-refractivity contribution in [3.63, 3.8) is 0 Å². The van der Waals surface area contributed by atoms with Crippen LogP contribution < -0.4 is 10.6 Å². The van der Waals surface area contributed by atoms with E-state index in [-0.39, 0.29) is 23.0 Å². The molecule has 0 aliphatic rings. The van der Waals surface area contributed by atoms with Gasteiger partial charge < -0.3 is 10.6 Å². The molecule has 0 unspecified atom stereocenters. The van der Waals surface area contributed by atoms with Crippen molar-refractivity contribution < 1.29 is 18.4 Å². The lowest BCUT2D eigenvalue weighted by atomic mass is 10.2. The Hall–Kier alpha value is -1.69. The Kier molecular flexibility index (Phi) is 5.03. The van der Waals surface area contributed by atoms with Crippen molar-refractivity contribution in [2.24, 2.45) is 0 Å². The first-order chi connectivity index (χ1) is 8.45. The highest BCUT2D eigenvalue weighted by Crippen LogP contribution is 2.19. The van der Waals surface area contributed by atoms with Crippen molar-refractivity contribution in [1.29, 1.82) is 0 Å². The predicted molar refractivity (Wildman–Crippen MR) is 62.4 cm³/mol. The summed E-state index contributed by atoms with van der Waals surface area (Å²) in [4.78, 5) is 22.7. The summed E-state index contributed by atoms with van der Waals surface area (Å²) in [5, 5.41) is 4.49. The first kappa shape index (κ1) is 14.4. The van der Waals surface area contributed by atoms with Gasteiger partial charge in [0, 0.05) is 6.54 Å². The maximum Gasteiger partial charge on any atom is 0.253 e. The Morgan fingerprint density at radius 2 is 1.83 bits per heavy atom. The highest BCUT2D eigenvalue weighted by atomic mass is 35.5. The van der Waals surface area contributed by atoms with E-state index < -0.39 is 17.5 Å². The molecule has 7 heteroatoms. The summed E-state index contributed by atoms with van der Waals surface area (Å²) < 4.78 is 25.7. The van der Waals surface area contributed by atoms with Crippen LogP contribution in [-0.2, 0) is 4.79 Å². The van der Waals surface area contributed by atoms with Crippen molar-refractivity contribution in [3.8, 4) is 0 Å². The van der Waals surface area contributed by atoms with Crippen molar-refractivity contribution >= 4 is 23.4 Å². The number of carbonyl (C=O) groups is 2. The molecule has 0 bridgehead atoms. The zero-order valence-corrected chi connectivity index (χ0v) is 10.3. The molecule has 0 heterocycles. The molecule has 0 saturated heterocycles. The van der Waals surface area contributed by atoms with Crippen LogP contribution in [0.4, 0.5) is 8.78 Å². The van der Waals surface area contributed by atoms with Gasteiger partial charge in [0.05, 0.1) is 17.1 Å². The molecule has 0 spiro atoms. The van der Waals surface area contributed by atoms with Gasteiger partial charge in [-0.05, 0) is 19.1 Å². The molecule has 2 N–H and O–H groups in total. The largest absolute Gasteiger partial charge is 0.355 e. The molecule has 18 heavy (non-hydrogen) atoms. The zero-order chi connectivity index (χ0) is 13.7. The van der Waals surface area contributed by atoms with Crippen molar-refractivity contribution in [2.45, 2.75) is 6.92 Å². The maximum atomic E-state index is 12.9. The second-order valence-corrected chi connectivity index (χ2v) is 3.79. The van der Waals surface area contributed by atoms with Gasteiger partial charge in [-0.25, -0.2) is 8.78 Å². The molecule has 1 rings (SSSR count). The molecule has 98 valence electrons. The van der Waals surface area contributed by atoms with Crippen LogP contribution in [-0.4, -0.2) is 24.9 Å². The van der Waals surface area contributed by atoms with Crippen LogP contribution in [0.1, 0.15) is 17.3 Å². The van der Waals surface area contributed by atoms with Crippen LogP contribution in [0.3, 0.4) is 0 Å². The molecule has 0 fully saturated rings. The van der Waals surface area contributed by atoms with Gasteiger partial charge in [-0.2, -0.15) is 0 Å². The van der Waals surface area contributed by atoms with E-state index in [1.807, 2.05) is 0 Å². The molecular formula is C11H11ClF2N2O2. The van der Waals surface area contributed by atoms with E-state index in [1.54, 1.807) is 6.92 Å². The topological polar surface area (TPSA) is 58.2 Å². The Morgan fingerprint density at radius 3 is 2.44 bits per heavy atom. The summed E-state index contributed by atoms with van der Waals surface area (Å²) in [6.07, 6.45) is 0. The summed E-state index contributed by atoms with van der Waals surface area (Å²) in [5.74, 6) is -3.45. The lowest BCUT2D eigenvalue weighted by Crippen LogP contribution is -2.36. The van der Waals surface area contributed by atoms with Gasteiger partial charge in [-0.15, -0.1) is 0 Å². The molecule has 0 saturated carbocycles. The van der Waals surface area contributed by atoms with Gasteiger partial charge in [0.2, 0.25) is 5.91 Å². The third kappa shape index (κ3) is 3.66. The van der Waals surface area contributed by atoms with Gasteiger partial charge in [0.15, 0.2) is 11.6 Å². The van der Waals surface area contributed by atoms with Crippen LogP contribution in [0, 0.1) is 11.6 Å². The monoisotopic (exact) mass is 276 g/mol. The first-order valence-electron chi connectivity index (χ1n) is 5.15. The average molecular weight is 277 g/mol. The lowest BCUT2D eigenvalue weighted by molar-refractivity contribution is -0.120. The van der Waals surface area contributed by atoms with Gasteiger partial charge in [-0.3, -0.25) is 9.59 Å². The number of benzene rings is 1. The van der Waals surface area contributed by atoms with Crippen LogP contribution in [0.15, 0.2) is 12.1 Å². The minimum atomic E-state index is -1.18. The molecule has 4 nitrogen and oxygen atoms in total. The zero-order valence-electron chi connectivity index (χ0n) is 9.52. The smallest absolute Gasteiger partial charge is 0.253 e. The summed E-state index contributed by atoms with van der Waals surface area (Å²) in [7, 11) is 0. The fourth-order valence-corrected chi connectivity index (χ4v) is 1.45. The van der Waals surface area contributed by atoms with Crippen molar-refractivity contribution in [1.82, 2.24) is 10.6 Å². The number of likely N-dealkylation sites (N-methyl/N-ethyl adjacent to an activating group) is 1. The fourth-order valence-electron chi connectivity index (χ4n) is 1.21. The molecule has 1 aromatic rings. The number of carbonyl (C=O) groups excluding carboxylic acids is 2. The fraction of sp³-hybridized carbons (Fsp3) is 0.273. The second-order valence-electron chi connectivity index (χ2n) is 3.38. The summed E-state index contributed by atoms with van der Waals surface area (Å²) in [6, 6.07) is 1.39. The van der Waals surface area contributed by atoms with Crippen molar-refractivity contribution in [2.75, 3.05) is 13.1 Å². The molecule has 1 aromatic carbocycles. The molecule has 2 amide bonds. The third-order valence-electron chi connectivity index (χ3n) is 2.04. The molecule has 0 atom stereocenters. The van der Waals surface area contributed by atoms with Crippen LogP contribution in [0.5, 0.6) is 0 Å². The van der Waals surface area contributed by atoms with Gasteiger partial charge in [-0.1, -0.05) is 11.6 Å². The first-order valence-corrected chi connectivity index (χ1v) is 5.53.